The van der Waals surface area contributed by atoms with Gasteiger partial charge in [-0.05, 0) is 12.1 Å². The zero-order valence-electron chi connectivity index (χ0n) is 7.03. The van der Waals surface area contributed by atoms with Crippen LogP contribution in [0.15, 0.2) is 18.2 Å². The Balaban J connectivity index is 3.09. The molecule has 0 fully saturated rings. The molecule has 0 saturated carbocycles. The van der Waals surface area contributed by atoms with Gasteiger partial charge in [0, 0.05) is 11.6 Å². The van der Waals surface area contributed by atoms with Gasteiger partial charge in [0.05, 0.1) is 14.2 Å². The van der Waals surface area contributed by atoms with Crippen molar-refractivity contribution in [3.63, 3.8) is 0 Å². The Labute approximate surface area is 70.9 Å². The van der Waals surface area contributed by atoms with E-state index in [-0.39, 0.29) is 0 Å². The first-order valence-electron chi connectivity index (χ1n) is 3.48. The molecule has 0 spiro atoms. The van der Waals surface area contributed by atoms with E-state index in [1.54, 1.807) is 32.4 Å². The molecular weight excluding hydrogens is 162 g/mol. The highest BCUT2D eigenvalue weighted by atomic mass is 16.6. The molecule has 0 heterocycles. The van der Waals surface area contributed by atoms with Crippen molar-refractivity contribution in [3.8, 4) is 11.5 Å². The summed E-state index contributed by atoms with van der Waals surface area (Å²) in [5.74, 6) is 1.24. The molecule has 0 bridgehead atoms. The molecule has 64 valence electrons. The Morgan fingerprint density at radius 1 is 1.08 bits per heavy atom. The van der Waals surface area contributed by atoms with E-state index < -0.39 is 0 Å². The maximum Gasteiger partial charge on any atom is 0.150 e. The molecule has 0 amide bonds. The summed E-state index contributed by atoms with van der Waals surface area (Å²) in [6.45, 7) is 0. The predicted octanol–water partition coefficient (Wildman–Crippen LogP) is 1.52. The molecule has 3 heteroatoms. The highest BCUT2D eigenvalue weighted by molar-refractivity contribution is 5.76. The topological polar surface area (TPSA) is 35.5 Å². The summed E-state index contributed by atoms with van der Waals surface area (Å²) in [6.07, 6.45) is 0.755. The highest BCUT2D eigenvalue weighted by Gasteiger charge is 1.99. The lowest BCUT2D eigenvalue weighted by Crippen LogP contribution is -1.89. The Morgan fingerprint density at radius 3 is 1.92 bits per heavy atom. The minimum atomic E-state index is 0.547. The summed E-state index contributed by atoms with van der Waals surface area (Å²) >= 11 is 0. The average molecular weight is 172 g/mol. The van der Waals surface area contributed by atoms with Crippen molar-refractivity contribution < 1.29 is 14.3 Å². The van der Waals surface area contributed by atoms with Crippen molar-refractivity contribution in [2.75, 3.05) is 14.2 Å². The predicted molar refractivity (Wildman–Crippen MR) is 44.9 cm³/mol. The first kappa shape index (κ1) is 8.59. The molecule has 0 atom stereocenters. The van der Waals surface area contributed by atoms with Gasteiger partial charge < -0.3 is 9.47 Å². The monoisotopic (exact) mass is 172 g/mol. The van der Waals surface area contributed by atoms with E-state index in [4.69, 9.17) is 9.47 Å². The van der Waals surface area contributed by atoms with E-state index in [1.807, 2.05) is 0 Å². The summed E-state index contributed by atoms with van der Waals surface area (Å²) in [4.78, 5) is 10.4. The highest BCUT2D eigenvalue weighted by Crippen LogP contribution is 2.21. The lowest BCUT2D eigenvalue weighted by atomic mass is 11.0. The van der Waals surface area contributed by atoms with Crippen LogP contribution in [-0.4, -0.2) is 20.5 Å². The van der Waals surface area contributed by atoms with Gasteiger partial charge in [-0.1, -0.05) is 0 Å². The molecule has 1 rings (SSSR count). The van der Waals surface area contributed by atoms with Crippen molar-refractivity contribution in [3.05, 3.63) is 23.8 Å². The van der Waals surface area contributed by atoms with Gasteiger partial charge >= 0.3 is 0 Å². The molecule has 3 nitrogen and oxygen atoms in total. The minimum Gasteiger partial charge on any atom is -0.497 e. The van der Waals surface area contributed by atoms with Crippen molar-refractivity contribution in [1.29, 1.82) is 0 Å². The van der Waals surface area contributed by atoms with Crippen LogP contribution in [0.4, 0.5) is 0 Å². The Bertz CT molecular complexity index is 259. The van der Waals surface area contributed by atoms with Crippen LogP contribution in [0.3, 0.4) is 0 Å². The van der Waals surface area contributed by atoms with Crippen LogP contribution in [0.1, 0.15) is 10.4 Å². The molecule has 0 N–H and O–H groups in total. The third kappa shape index (κ3) is 1.75. The van der Waals surface area contributed by atoms with Crippen molar-refractivity contribution in [1.82, 2.24) is 0 Å². The van der Waals surface area contributed by atoms with Gasteiger partial charge in [0.15, 0.2) is 0 Å². The van der Waals surface area contributed by atoms with E-state index in [0.717, 1.165) is 6.29 Å². The fourth-order valence-corrected chi connectivity index (χ4v) is 0.897. The molecule has 0 aliphatic rings. The van der Waals surface area contributed by atoms with E-state index in [9.17, 15) is 4.79 Å². The van der Waals surface area contributed by atoms with E-state index in [2.05, 4.69) is 0 Å². The maximum absolute atomic E-state index is 10.4. The number of carbonyl (C=O) groups is 1. The molecule has 0 unspecified atom stereocenters. The maximum atomic E-state index is 10.4. The molecule has 1 aromatic carbocycles. The second-order valence-corrected chi connectivity index (χ2v) is 2.26. The third-order valence-corrected chi connectivity index (χ3v) is 1.51. The zero-order valence-corrected chi connectivity index (χ0v) is 7.03. The van der Waals surface area contributed by atoms with Crippen LogP contribution in [-0.2, 0) is 0 Å². The number of benzene rings is 1. The van der Waals surface area contributed by atoms with Crippen LogP contribution in [0.5, 0.6) is 11.5 Å². The summed E-state index contributed by atoms with van der Waals surface area (Å²) in [6, 6.07) is 5.01. The molecular formula is C9H10O3. The van der Waals surface area contributed by atoms with Crippen LogP contribution in [0, 0.1) is 0 Å². The molecule has 1 aromatic rings. The molecule has 0 aliphatic heterocycles. The normalized spacial score (nSPS) is 9.17. The van der Waals surface area contributed by atoms with Crippen LogP contribution < -0.4 is 9.47 Å². The summed E-state index contributed by atoms with van der Waals surface area (Å²) in [5.41, 5.74) is 0.547. The second-order valence-electron chi connectivity index (χ2n) is 2.26. The number of carbonyl (C=O) groups excluding carboxylic acids is 1. The smallest absolute Gasteiger partial charge is 0.150 e. The lowest BCUT2D eigenvalue weighted by Gasteiger charge is -2.04. The lowest BCUT2D eigenvalue weighted by molar-refractivity contribution is 0.112. The first-order valence-corrected chi connectivity index (χ1v) is 3.48. The fourth-order valence-electron chi connectivity index (χ4n) is 0.897. The summed E-state index contributed by atoms with van der Waals surface area (Å²) in [7, 11) is 3.09. The van der Waals surface area contributed by atoms with Crippen LogP contribution in [0.25, 0.3) is 0 Å². The minimum absolute atomic E-state index is 0.547. The Kier molecular flexibility index (Phi) is 2.69. The quantitative estimate of drug-likeness (QED) is 0.648. The van der Waals surface area contributed by atoms with E-state index in [0.29, 0.717) is 17.1 Å². The van der Waals surface area contributed by atoms with Gasteiger partial charge in [-0.2, -0.15) is 0 Å². The average Bonchev–Trinajstić information content (AvgIpc) is 2.16. The van der Waals surface area contributed by atoms with Crippen molar-refractivity contribution >= 4 is 6.29 Å². The SMILES string of the molecule is CO[13c]1[13cH][13c](C=O)[13cH][13c](OC)[13cH]1. The van der Waals surface area contributed by atoms with E-state index in [1.165, 1.54) is 0 Å². The van der Waals surface area contributed by atoms with Crippen molar-refractivity contribution in [2.24, 2.45) is 0 Å². The van der Waals surface area contributed by atoms with Gasteiger partial charge in [-0.15, -0.1) is 0 Å². The fraction of sp³-hybridized carbons (Fsp3) is 0.222. The second kappa shape index (κ2) is 3.76. The third-order valence-electron chi connectivity index (χ3n) is 1.51. The Morgan fingerprint density at radius 2 is 1.58 bits per heavy atom. The summed E-state index contributed by atoms with van der Waals surface area (Å²) in [5, 5.41) is 0. The van der Waals surface area contributed by atoms with Crippen molar-refractivity contribution in [2.45, 2.75) is 0 Å². The van der Waals surface area contributed by atoms with Gasteiger partial charge in [-0.3, -0.25) is 4.79 Å². The first-order chi connectivity index (χ1) is 5.80. The number of aldehydes is 1. The number of methoxy groups -OCH3 is 2. The number of ether oxygens (including phenoxy) is 2. The molecule has 0 aromatic heterocycles. The van der Waals surface area contributed by atoms with Gasteiger partial charge in [0.1, 0.15) is 17.8 Å². The largest absolute Gasteiger partial charge is 0.497 e. The summed E-state index contributed by atoms with van der Waals surface area (Å²) < 4.78 is 9.92. The van der Waals surface area contributed by atoms with Gasteiger partial charge in [0.2, 0.25) is 0 Å². The standard InChI is InChI=1S/C9H10O3/c1-11-8-3-7(6-10)4-9(5-8)12-2/h3-6H,1-2H3/i3+1,4+1,5+1,7+1,8+1,9+1. The Hall–Kier alpha value is -1.51. The van der Waals surface area contributed by atoms with Gasteiger partial charge in [-0.25, -0.2) is 0 Å². The number of hydrogen-bond donors (Lipinski definition) is 0. The molecule has 0 aliphatic carbocycles. The zero-order chi connectivity index (χ0) is 8.97. The van der Waals surface area contributed by atoms with Gasteiger partial charge in [0.25, 0.3) is 0 Å². The number of hydrogen-bond acceptors (Lipinski definition) is 3. The molecule has 12 heavy (non-hydrogen) atoms. The number of rotatable bonds is 3. The van der Waals surface area contributed by atoms with Crippen LogP contribution in [0.2, 0.25) is 0 Å². The molecule has 0 saturated heterocycles. The van der Waals surface area contributed by atoms with E-state index >= 15 is 0 Å². The molecule has 0 radical (unpaired) electrons. The van der Waals surface area contributed by atoms with Crippen LogP contribution >= 0.6 is 0 Å².